The van der Waals surface area contributed by atoms with Crippen LogP contribution in [0.1, 0.15) is 68.8 Å². The molecule has 0 atom stereocenters. The summed E-state index contributed by atoms with van der Waals surface area (Å²) in [5.41, 5.74) is 2.22. The number of aliphatic imine (C=N–C) groups is 1. The zero-order valence-corrected chi connectivity index (χ0v) is 16.5. The number of carbonyl (C=O) groups excluding carboxylic acids is 1. The monoisotopic (exact) mass is 358 g/mol. The number of guanidine groups is 1. The number of nitrogens with one attached hydrogen (secondary N) is 3. The molecule has 0 spiro atoms. The minimum Gasteiger partial charge on any atom is -0.357 e. The molecule has 0 saturated heterocycles. The average Bonchev–Trinajstić information content (AvgIpc) is 3.14. The van der Waals surface area contributed by atoms with Gasteiger partial charge in [0.25, 0.3) is 5.91 Å². The summed E-state index contributed by atoms with van der Waals surface area (Å²) in [5, 5.41) is 9.70. The Hall–Kier alpha value is -2.04. The van der Waals surface area contributed by atoms with Gasteiger partial charge in [-0.3, -0.25) is 4.79 Å². The topological polar surface area (TPSA) is 65.5 Å². The van der Waals surface area contributed by atoms with E-state index in [9.17, 15) is 4.79 Å². The van der Waals surface area contributed by atoms with Crippen LogP contribution in [0, 0.1) is 5.41 Å². The molecular weight excluding hydrogens is 324 g/mol. The molecular formula is C21H34N4O. The molecule has 5 nitrogen and oxygen atoms in total. The molecule has 1 aliphatic rings. The molecule has 1 aliphatic carbocycles. The van der Waals surface area contributed by atoms with Crippen molar-refractivity contribution in [1.82, 2.24) is 16.0 Å². The van der Waals surface area contributed by atoms with E-state index in [1.807, 2.05) is 31.2 Å². The lowest BCUT2D eigenvalue weighted by molar-refractivity contribution is 0.0956. The van der Waals surface area contributed by atoms with E-state index in [-0.39, 0.29) is 5.91 Å². The van der Waals surface area contributed by atoms with E-state index in [4.69, 9.17) is 4.99 Å². The lowest BCUT2D eigenvalue weighted by atomic mass is 9.83. The fraction of sp³-hybridized carbons (Fsp3) is 0.619. The van der Waals surface area contributed by atoms with Crippen molar-refractivity contribution in [2.45, 2.75) is 59.4 Å². The summed E-state index contributed by atoms with van der Waals surface area (Å²) in [6.07, 6.45) is 6.55. The third-order valence-electron chi connectivity index (χ3n) is 5.36. The van der Waals surface area contributed by atoms with Crippen LogP contribution in [0.2, 0.25) is 0 Å². The van der Waals surface area contributed by atoms with E-state index in [1.54, 1.807) is 0 Å². The Morgan fingerprint density at radius 3 is 2.23 bits per heavy atom. The second-order valence-electron chi connectivity index (χ2n) is 7.17. The number of rotatable bonds is 8. The average molecular weight is 359 g/mol. The number of hydrogen-bond donors (Lipinski definition) is 3. The van der Waals surface area contributed by atoms with E-state index in [0.717, 1.165) is 24.6 Å². The van der Waals surface area contributed by atoms with Crippen LogP contribution in [-0.2, 0) is 6.54 Å². The highest BCUT2D eigenvalue weighted by atomic mass is 16.1. The molecule has 2 rings (SSSR count). The normalized spacial score (nSPS) is 16.3. The number of amides is 1. The van der Waals surface area contributed by atoms with Crippen molar-refractivity contribution in [3.63, 3.8) is 0 Å². The first-order valence-corrected chi connectivity index (χ1v) is 10.0. The van der Waals surface area contributed by atoms with E-state index >= 15 is 0 Å². The van der Waals surface area contributed by atoms with Crippen molar-refractivity contribution < 1.29 is 4.79 Å². The minimum absolute atomic E-state index is 0.0287. The Bertz CT molecular complexity index is 589. The number of nitrogens with zero attached hydrogens (tertiary/aromatic N) is 1. The Kier molecular flexibility index (Phi) is 7.95. The van der Waals surface area contributed by atoms with Gasteiger partial charge in [0.1, 0.15) is 0 Å². The van der Waals surface area contributed by atoms with Crippen LogP contribution in [0.4, 0.5) is 0 Å². The maximum absolute atomic E-state index is 11.8. The lowest BCUT2D eigenvalue weighted by Gasteiger charge is -2.28. The van der Waals surface area contributed by atoms with Crippen LogP contribution in [0.15, 0.2) is 29.3 Å². The molecule has 1 saturated carbocycles. The zero-order chi connectivity index (χ0) is 18.8. The van der Waals surface area contributed by atoms with Crippen molar-refractivity contribution >= 4 is 11.9 Å². The second kappa shape index (κ2) is 10.2. The molecule has 144 valence electrons. The van der Waals surface area contributed by atoms with Gasteiger partial charge in [-0.1, -0.05) is 31.9 Å². The molecule has 0 bridgehead atoms. The van der Waals surface area contributed by atoms with Gasteiger partial charge in [0.05, 0.1) is 6.54 Å². The zero-order valence-electron chi connectivity index (χ0n) is 16.5. The first-order valence-electron chi connectivity index (χ1n) is 10.0. The van der Waals surface area contributed by atoms with Crippen LogP contribution < -0.4 is 16.0 Å². The van der Waals surface area contributed by atoms with Crippen molar-refractivity contribution in [2.24, 2.45) is 10.4 Å². The Balaban J connectivity index is 1.94. The minimum atomic E-state index is -0.0287. The highest BCUT2D eigenvalue weighted by Gasteiger charge is 2.31. The Morgan fingerprint density at radius 2 is 1.65 bits per heavy atom. The van der Waals surface area contributed by atoms with Gasteiger partial charge in [-0.25, -0.2) is 4.99 Å². The van der Waals surface area contributed by atoms with Gasteiger partial charge < -0.3 is 16.0 Å². The maximum atomic E-state index is 11.8. The summed E-state index contributed by atoms with van der Waals surface area (Å²) >= 11 is 0. The van der Waals surface area contributed by atoms with Crippen molar-refractivity contribution in [3.8, 4) is 0 Å². The molecule has 0 unspecified atom stereocenters. The largest absolute Gasteiger partial charge is 0.357 e. The van der Waals surface area contributed by atoms with Gasteiger partial charge in [-0.05, 0) is 56.2 Å². The first-order chi connectivity index (χ1) is 12.6. The molecule has 1 fully saturated rings. The highest BCUT2D eigenvalue weighted by Crippen LogP contribution is 2.40. The van der Waals surface area contributed by atoms with Crippen LogP contribution in [0.25, 0.3) is 0 Å². The van der Waals surface area contributed by atoms with Gasteiger partial charge >= 0.3 is 0 Å². The van der Waals surface area contributed by atoms with Crippen LogP contribution in [0.3, 0.4) is 0 Å². The van der Waals surface area contributed by atoms with Crippen molar-refractivity contribution in [2.75, 3.05) is 19.6 Å². The van der Waals surface area contributed by atoms with Gasteiger partial charge in [-0.2, -0.15) is 0 Å². The summed E-state index contributed by atoms with van der Waals surface area (Å²) in [5.74, 6) is 0.846. The lowest BCUT2D eigenvalue weighted by Crippen LogP contribution is -2.42. The fourth-order valence-corrected chi connectivity index (χ4v) is 3.59. The quantitative estimate of drug-likeness (QED) is 0.492. The fourth-order valence-electron chi connectivity index (χ4n) is 3.59. The van der Waals surface area contributed by atoms with E-state index in [1.165, 1.54) is 32.1 Å². The van der Waals surface area contributed by atoms with Gasteiger partial charge in [0.2, 0.25) is 0 Å². The number of hydrogen-bond acceptors (Lipinski definition) is 2. The molecule has 0 aliphatic heterocycles. The SMILES string of the molecule is CCNC(=O)c1ccc(CN=C(NCC)NCC2(CC)CCCC2)cc1. The third kappa shape index (κ3) is 5.75. The highest BCUT2D eigenvalue weighted by molar-refractivity contribution is 5.94. The first kappa shape index (κ1) is 20.3. The standard InChI is InChI=1S/C21H34N4O/c1-4-21(13-7-8-14-21)16-25-20(23-6-3)24-15-17-9-11-18(12-10-17)19(26)22-5-2/h9-12H,4-8,13-16H2,1-3H3,(H,22,26)(H2,23,24,25). The second-order valence-corrected chi connectivity index (χ2v) is 7.17. The molecule has 3 N–H and O–H groups in total. The Labute approximate surface area is 158 Å². The van der Waals surface area contributed by atoms with Crippen molar-refractivity contribution in [1.29, 1.82) is 0 Å². The molecule has 5 heteroatoms. The maximum Gasteiger partial charge on any atom is 0.251 e. The number of benzene rings is 1. The summed E-state index contributed by atoms with van der Waals surface area (Å²) in [4.78, 5) is 16.5. The predicted octanol–water partition coefficient (Wildman–Crippen LogP) is 3.46. The van der Waals surface area contributed by atoms with E-state index in [2.05, 4.69) is 29.8 Å². The van der Waals surface area contributed by atoms with Gasteiger partial charge in [-0.15, -0.1) is 0 Å². The van der Waals surface area contributed by atoms with E-state index < -0.39 is 0 Å². The van der Waals surface area contributed by atoms with Crippen LogP contribution >= 0.6 is 0 Å². The van der Waals surface area contributed by atoms with Gasteiger partial charge in [0.15, 0.2) is 5.96 Å². The summed E-state index contributed by atoms with van der Waals surface area (Å²) in [6.45, 7) is 9.39. The molecule has 26 heavy (non-hydrogen) atoms. The molecule has 0 radical (unpaired) electrons. The summed E-state index contributed by atoms with van der Waals surface area (Å²) in [6, 6.07) is 7.67. The molecule has 0 heterocycles. The predicted molar refractivity (Wildman–Crippen MR) is 108 cm³/mol. The summed E-state index contributed by atoms with van der Waals surface area (Å²) in [7, 11) is 0. The summed E-state index contributed by atoms with van der Waals surface area (Å²) < 4.78 is 0. The van der Waals surface area contributed by atoms with Crippen molar-refractivity contribution in [3.05, 3.63) is 35.4 Å². The van der Waals surface area contributed by atoms with Gasteiger partial charge in [0, 0.05) is 25.2 Å². The molecule has 0 aromatic heterocycles. The Morgan fingerprint density at radius 1 is 1.00 bits per heavy atom. The number of carbonyl (C=O) groups is 1. The molecule has 1 amide bonds. The molecule has 1 aromatic rings. The third-order valence-corrected chi connectivity index (χ3v) is 5.36. The smallest absolute Gasteiger partial charge is 0.251 e. The molecule has 1 aromatic carbocycles. The van der Waals surface area contributed by atoms with E-state index in [0.29, 0.717) is 24.1 Å². The van der Waals surface area contributed by atoms with Crippen LogP contribution in [0.5, 0.6) is 0 Å². The van der Waals surface area contributed by atoms with Crippen LogP contribution in [-0.4, -0.2) is 31.5 Å².